The summed E-state index contributed by atoms with van der Waals surface area (Å²) in [5, 5.41) is 21.3. The Labute approximate surface area is 204 Å². The third-order valence-corrected chi connectivity index (χ3v) is 8.39. The maximum absolute atomic E-state index is 12.9. The summed E-state index contributed by atoms with van der Waals surface area (Å²) in [5.74, 6) is -2.39. The van der Waals surface area contributed by atoms with Crippen LogP contribution in [0.25, 0.3) is 10.4 Å². The Morgan fingerprint density at radius 1 is 1.35 bits per heavy atom. The molecule has 0 aromatic carbocycles. The first-order valence-electron chi connectivity index (χ1n) is 10.9. The number of aromatic nitrogens is 2. The molecule has 4 heterocycles. The molecule has 34 heavy (non-hydrogen) atoms. The highest BCUT2D eigenvalue weighted by molar-refractivity contribution is 7.98. The average Bonchev–Trinajstić information content (AvgIpc) is 3.40. The van der Waals surface area contributed by atoms with Gasteiger partial charge in [0.2, 0.25) is 5.91 Å². The predicted molar refractivity (Wildman–Crippen MR) is 126 cm³/mol. The van der Waals surface area contributed by atoms with Gasteiger partial charge in [-0.2, -0.15) is 0 Å². The number of ether oxygens (including phenoxy) is 2. The van der Waals surface area contributed by atoms with Crippen LogP contribution in [0.4, 0.5) is 4.79 Å². The summed E-state index contributed by atoms with van der Waals surface area (Å²) in [6, 6.07) is -0.573. The molecule has 2 N–H and O–H groups in total. The van der Waals surface area contributed by atoms with E-state index in [1.54, 1.807) is 6.33 Å². The van der Waals surface area contributed by atoms with Crippen molar-refractivity contribution in [2.75, 3.05) is 19.5 Å². The third-order valence-electron chi connectivity index (χ3n) is 6.45. The van der Waals surface area contributed by atoms with Crippen molar-refractivity contribution >= 4 is 51.5 Å². The molecule has 0 radical (unpaired) electrons. The number of β-lactam (4-membered cyclic amide) rings is 1. The first-order chi connectivity index (χ1) is 16.2. The Kier molecular flexibility index (Phi) is 6.67. The molecular formula is C22H27N3O7S2. The standard InChI is InChI=1S/C22H27N3O7S2/c1-5-7-31-21(30)32-8-6-22(3)14(12-9-24-10-23-17(33-4)19(24)34-12)15(20(28)29)25-16(22)13(11(2)26)18(25)27/h9-11,13,16,26H,5-8H2,1-4H3,(H,28,29)/t11-,13-,16-,22+/m1/s1. The highest BCUT2D eigenvalue weighted by atomic mass is 32.2. The summed E-state index contributed by atoms with van der Waals surface area (Å²) >= 11 is 2.88. The number of carbonyl (C=O) groups is 3. The van der Waals surface area contributed by atoms with Crippen molar-refractivity contribution in [3.63, 3.8) is 0 Å². The number of carbonyl (C=O) groups excluding carboxylic acids is 2. The molecule has 0 bridgehead atoms. The lowest BCUT2D eigenvalue weighted by Crippen LogP contribution is -2.66. The van der Waals surface area contributed by atoms with Gasteiger partial charge in [-0.25, -0.2) is 14.6 Å². The van der Waals surface area contributed by atoms with Crippen molar-refractivity contribution in [1.82, 2.24) is 14.3 Å². The van der Waals surface area contributed by atoms with Crippen LogP contribution < -0.4 is 0 Å². The number of hydrogen-bond acceptors (Lipinski definition) is 9. The van der Waals surface area contributed by atoms with E-state index in [0.29, 0.717) is 16.9 Å². The number of carboxylic acids is 1. The van der Waals surface area contributed by atoms with Crippen LogP contribution in [0.2, 0.25) is 0 Å². The molecule has 4 atom stereocenters. The second-order valence-electron chi connectivity index (χ2n) is 8.62. The van der Waals surface area contributed by atoms with E-state index in [-0.39, 0.29) is 25.3 Å². The van der Waals surface area contributed by atoms with Gasteiger partial charge >= 0.3 is 12.1 Å². The van der Waals surface area contributed by atoms with Crippen LogP contribution in [0.3, 0.4) is 0 Å². The maximum Gasteiger partial charge on any atom is 0.508 e. The molecule has 2 aliphatic rings. The summed E-state index contributed by atoms with van der Waals surface area (Å²) in [6.07, 6.45) is 4.56. The van der Waals surface area contributed by atoms with Crippen LogP contribution in [-0.4, -0.2) is 74.1 Å². The van der Waals surface area contributed by atoms with E-state index < -0.39 is 41.5 Å². The van der Waals surface area contributed by atoms with E-state index in [2.05, 4.69) is 4.98 Å². The second-order valence-corrected chi connectivity index (χ2v) is 10.4. The van der Waals surface area contributed by atoms with Crippen molar-refractivity contribution in [2.24, 2.45) is 11.3 Å². The molecular weight excluding hydrogens is 482 g/mol. The number of aliphatic hydroxyl groups excluding tert-OH is 1. The smallest absolute Gasteiger partial charge is 0.477 e. The van der Waals surface area contributed by atoms with E-state index in [1.165, 1.54) is 34.9 Å². The second kappa shape index (κ2) is 9.23. The minimum Gasteiger partial charge on any atom is -0.477 e. The molecule has 0 saturated carbocycles. The van der Waals surface area contributed by atoms with Gasteiger partial charge in [-0.3, -0.25) is 9.20 Å². The Morgan fingerprint density at radius 2 is 2.06 bits per heavy atom. The molecule has 4 rings (SSSR count). The average molecular weight is 510 g/mol. The molecule has 0 spiro atoms. The highest BCUT2D eigenvalue weighted by Gasteiger charge is 2.66. The Hall–Kier alpha value is -2.57. The highest BCUT2D eigenvalue weighted by Crippen LogP contribution is 2.60. The van der Waals surface area contributed by atoms with Crippen LogP contribution in [0, 0.1) is 11.3 Å². The van der Waals surface area contributed by atoms with Crippen LogP contribution >= 0.6 is 23.1 Å². The number of fused-ring (bicyclic) bond motifs is 2. The lowest BCUT2D eigenvalue weighted by molar-refractivity contribution is -0.167. The first-order valence-corrected chi connectivity index (χ1v) is 13.0. The van der Waals surface area contributed by atoms with E-state index in [0.717, 1.165) is 9.86 Å². The van der Waals surface area contributed by atoms with Gasteiger partial charge in [0.05, 0.1) is 36.2 Å². The molecule has 0 aliphatic carbocycles. The lowest BCUT2D eigenvalue weighted by atomic mass is 9.66. The number of carboxylic acid groups (broad SMARTS) is 1. The van der Waals surface area contributed by atoms with Crippen molar-refractivity contribution in [3.8, 4) is 0 Å². The Morgan fingerprint density at radius 3 is 2.68 bits per heavy atom. The summed E-state index contributed by atoms with van der Waals surface area (Å²) in [6.45, 7) is 5.48. The van der Waals surface area contributed by atoms with Gasteiger partial charge in [0, 0.05) is 17.2 Å². The summed E-state index contributed by atoms with van der Waals surface area (Å²) in [5.41, 5.74) is -0.483. The van der Waals surface area contributed by atoms with Crippen LogP contribution in [-0.2, 0) is 19.1 Å². The number of imidazole rings is 1. The van der Waals surface area contributed by atoms with Crippen molar-refractivity contribution in [1.29, 1.82) is 0 Å². The largest absolute Gasteiger partial charge is 0.508 e. The number of thioether (sulfide) groups is 1. The minimum absolute atomic E-state index is 0.0254. The number of thiazole rings is 1. The van der Waals surface area contributed by atoms with Gasteiger partial charge < -0.3 is 24.6 Å². The molecule has 1 saturated heterocycles. The van der Waals surface area contributed by atoms with Crippen molar-refractivity contribution in [3.05, 3.63) is 23.1 Å². The molecule has 2 aromatic heterocycles. The normalized spacial score (nSPS) is 24.9. The fourth-order valence-corrected chi connectivity index (χ4v) is 6.90. The summed E-state index contributed by atoms with van der Waals surface area (Å²) < 4.78 is 12.1. The number of aliphatic hydroxyl groups is 1. The third kappa shape index (κ3) is 3.77. The molecule has 1 fully saturated rings. The summed E-state index contributed by atoms with van der Waals surface area (Å²) in [4.78, 5) is 44.4. The van der Waals surface area contributed by atoms with Gasteiger partial charge in [-0.05, 0) is 26.0 Å². The molecule has 10 nitrogen and oxygen atoms in total. The first kappa shape index (κ1) is 24.6. The quantitative estimate of drug-likeness (QED) is 0.297. The van der Waals surface area contributed by atoms with Gasteiger partial charge in [-0.1, -0.05) is 13.8 Å². The topological polar surface area (TPSA) is 131 Å². The number of hydrogen-bond donors (Lipinski definition) is 2. The molecule has 12 heteroatoms. The predicted octanol–water partition coefficient (Wildman–Crippen LogP) is 3.09. The molecule has 0 unspecified atom stereocenters. The minimum atomic E-state index is -1.22. The van der Waals surface area contributed by atoms with Gasteiger partial charge in [0.1, 0.15) is 21.9 Å². The zero-order valence-electron chi connectivity index (χ0n) is 19.3. The zero-order chi connectivity index (χ0) is 24.8. The van der Waals surface area contributed by atoms with Gasteiger partial charge in [0.15, 0.2) is 0 Å². The number of nitrogens with zero attached hydrogens (tertiary/aromatic N) is 3. The van der Waals surface area contributed by atoms with Gasteiger partial charge in [-0.15, -0.1) is 23.1 Å². The lowest BCUT2D eigenvalue weighted by Gasteiger charge is -2.50. The monoisotopic (exact) mass is 509 g/mol. The number of aliphatic carboxylic acids is 1. The number of amides is 1. The van der Waals surface area contributed by atoms with Crippen LogP contribution in [0.1, 0.15) is 38.5 Å². The van der Waals surface area contributed by atoms with Crippen LogP contribution in [0.5, 0.6) is 0 Å². The Balaban J connectivity index is 1.77. The maximum atomic E-state index is 12.9. The fraction of sp³-hybridized carbons (Fsp3) is 0.545. The van der Waals surface area contributed by atoms with E-state index >= 15 is 0 Å². The van der Waals surface area contributed by atoms with E-state index in [9.17, 15) is 24.6 Å². The summed E-state index contributed by atoms with van der Waals surface area (Å²) in [7, 11) is 0. The van der Waals surface area contributed by atoms with Gasteiger partial charge in [0.25, 0.3) is 0 Å². The molecule has 1 amide bonds. The fourth-order valence-electron chi connectivity index (χ4n) is 4.94. The van der Waals surface area contributed by atoms with E-state index in [4.69, 9.17) is 9.47 Å². The number of rotatable bonds is 9. The van der Waals surface area contributed by atoms with Crippen molar-refractivity contribution < 1.29 is 34.1 Å². The SMILES string of the molecule is CCCOC(=O)OCC[C@@]1(C)C(c2cn3cnc(SC)c3s2)=C(C(=O)O)N2C(=O)[C@H]([C@@H](C)O)[C@@H]21. The Bertz CT molecular complexity index is 1170. The van der Waals surface area contributed by atoms with E-state index in [1.807, 2.05) is 30.7 Å². The molecule has 2 aromatic rings. The van der Waals surface area contributed by atoms with Crippen molar-refractivity contribution in [2.45, 2.75) is 50.8 Å². The molecule has 184 valence electrons. The zero-order valence-corrected chi connectivity index (χ0v) is 20.9. The van der Waals surface area contributed by atoms with Crippen LogP contribution in [0.15, 0.2) is 23.2 Å². The molecule has 2 aliphatic heterocycles.